The molecule has 0 saturated carbocycles. The molecule has 5 unspecified atom stereocenters. The molecule has 2 aromatic rings. The molecule has 2 aliphatic rings. The molecule has 5 atom stereocenters. The lowest BCUT2D eigenvalue weighted by atomic mass is 10.1. The summed E-state index contributed by atoms with van der Waals surface area (Å²) in [5.74, 6) is 0. The molecule has 0 spiro atoms. The van der Waals surface area contributed by atoms with E-state index in [1.807, 2.05) is 0 Å². The smallest absolute Gasteiger partial charge is 0.425 e. The minimum atomic E-state index is -4.21. The second-order valence-corrected chi connectivity index (χ2v) is 6.56. The molecule has 4 rings (SSSR count). The van der Waals surface area contributed by atoms with Gasteiger partial charge >= 0.3 is 7.82 Å². The average molecular weight is 345 g/mol. The Labute approximate surface area is 127 Å². The number of aliphatic hydroxyl groups is 1. The lowest BCUT2D eigenvalue weighted by molar-refractivity contribution is -0.0664. The molecule has 124 valence electrons. The summed E-state index contributed by atoms with van der Waals surface area (Å²) < 4.78 is 28.5. The third-order valence-corrected chi connectivity index (χ3v) is 4.74. The fourth-order valence-corrected chi connectivity index (χ4v) is 3.64. The topological polar surface area (TPSA) is 165 Å². The average Bonchev–Trinajstić information content (AvgIpc) is 3.05. The zero-order valence-corrected chi connectivity index (χ0v) is 12.3. The Morgan fingerprint density at radius 3 is 2.96 bits per heavy atom. The molecule has 4 N–H and O–H groups in total. The molecule has 2 saturated heterocycles. The van der Waals surface area contributed by atoms with Crippen LogP contribution in [0, 0.1) is 5.41 Å². The lowest BCUT2D eigenvalue weighted by Crippen LogP contribution is -2.39. The predicted octanol–water partition coefficient (Wildman–Crippen LogP) is -1.28. The van der Waals surface area contributed by atoms with E-state index in [1.54, 1.807) is 0 Å². The highest BCUT2D eigenvalue weighted by Crippen LogP contribution is 2.52. The Kier molecular flexibility index (Phi) is 3.10. The number of aliphatic hydroxyl groups excluding tert-OH is 1. The van der Waals surface area contributed by atoms with Crippen molar-refractivity contribution in [1.29, 1.82) is 5.41 Å². The van der Waals surface area contributed by atoms with Gasteiger partial charge in [0.05, 0.1) is 12.9 Å². The summed E-state index contributed by atoms with van der Waals surface area (Å²) in [4.78, 5) is 17.3. The van der Waals surface area contributed by atoms with Crippen LogP contribution in [0.3, 0.4) is 0 Å². The first kappa shape index (κ1) is 14.8. The molecule has 0 amide bonds. The molecule has 4 heterocycles. The van der Waals surface area contributed by atoms with Gasteiger partial charge in [0.1, 0.15) is 24.6 Å². The minimum absolute atomic E-state index is 0.102. The van der Waals surface area contributed by atoms with Crippen LogP contribution in [0.2, 0.25) is 0 Å². The van der Waals surface area contributed by atoms with Gasteiger partial charge in [-0.2, -0.15) is 4.73 Å². The second-order valence-electron chi connectivity index (χ2n) is 5.15. The van der Waals surface area contributed by atoms with Crippen molar-refractivity contribution in [3.05, 3.63) is 18.1 Å². The summed E-state index contributed by atoms with van der Waals surface area (Å²) >= 11 is 0. The van der Waals surface area contributed by atoms with E-state index in [4.69, 9.17) is 14.7 Å². The van der Waals surface area contributed by atoms with Gasteiger partial charge in [0.2, 0.25) is 0 Å². The third-order valence-electron chi connectivity index (χ3n) is 3.75. The lowest BCUT2D eigenvalue weighted by Gasteiger charge is -2.27. The van der Waals surface area contributed by atoms with Crippen LogP contribution in [-0.4, -0.2) is 59.4 Å². The van der Waals surface area contributed by atoms with Crippen LogP contribution >= 0.6 is 7.82 Å². The molecule has 0 bridgehead atoms. The zero-order valence-electron chi connectivity index (χ0n) is 11.4. The van der Waals surface area contributed by atoms with Crippen LogP contribution in [0.4, 0.5) is 0 Å². The van der Waals surface area contributed by atoms with Gasteiger partial charge in [-0.25, -0.2) is 14.5 Å². The van der Waals surface area contributed by atoms with E-state index in [-0.39, 0.29) is 23.3 Å². The van der Waals surface area contributed by atoms with Crippen LogP contribution in [0.1, 0.15) is 6.23 Å². The molecule has 2 fully saturated rings. The number of ether oxygens (including phenoxy) is 1. The number of hydrogen-bond acceptors (Lipinski definition) is 9. The van der Waals surface area contributed by atoms with Crippen LogP contribution in [-0.2, 0) is 18.3 Å². The molecule has 13 heteroatoms. The molecule has 0 aliphatic carbocycles. The van der Waals surface area contributed by atoms with E-state index < -0.39 is 32.4 Å². The van der Waals surface area contributed by atoms with Crippen molar-refractivity contribution >= 4 is 19.0 Å². The van der Waals surface area contributed by atoms with E-state index in [0.717, 1.165) is 6.33 Å². The monoisotopic (exact) mass is 345 g/mol. The Bertz CT molecular complexity index is 880. The minimum Gasteiger partial charge on any atom is -0.425 e. The van der Waals surface area contributed by atoms with Crippen LogP contribution in [0.15, 0.2) is 12.7 Å². The van der Waals surface area contributed by atoms with E-state index in [0.29, 0.717) is 4.73 Å². The number of hydrogen-bond donors (Lipinski definition) is 4. The normalized spacial score (nSPS) is 37.1. The fourth-order valence-electron chi connectivity index (χ4n) is 2.68. The highest BCUT2D eigenvalue weighted by Gasteiger charge is 2.52. The Hall–Kier alpha value is -1.82. The number of nitrogens with zero attached hydrogens (tertiary/aromatic N) is 4. The number of phosphoric ester groups is 1. The van der Waals surface area contributed by atoms with Gasteiger partial charge in [-0.05, 0) is 0 Å². The second kappa shape index (κ2) is 4.84. The van der Waals surface area contributed by atoms with Gasteiger partial charge in [0, 0.05) is 0 Å². The number of rotatable bonds is 1. The van der Waals surface area contributed by atoms with Crippen molar-refractivity contribution in [2.24, 2.45) is 0 Å². The van der Waals surface area contributed by atoms with Crippen LogP contribution < -0.4 is 5.49 Å². The maximum Gasteiger partial charge on any atom is 0.472 e. The van der Waals surface area contributed by atoms with Crippen molar-refractivity contribution in [3.63, 3.8) is 0 Å². The molecule has 2 aromatic heterocycles. The first-order valence-corrected chi connectivity index (χ1v) is 8.04. The Morgan fingerprint density at radius 1 is 1.39 bits per heavy atom. The summed E-state index contributed by atoms with van der Waals surface area (Å²) in [6.45, 7) is -0.202. The highest BCUT2D eigenvalue weighted by atomic mass is 31.2. The Balaban J connectivity index is 1.74. The number of phosphoric acid groups is 1. The predicted molar refractivity (Wildman–Crippen MR) is 69.1 cm³/mol. The number of imidazole rings is 1. The van der Waals surface area contributed by atoms with Crippen molar-refractivity contribution in [2.45, 2.75) is 24.5 Å². The van der Waals surface area contributed by atoms with Crippen molar-refractivity contribution in [2.75, 3.05) is 6.61 Å². The molecule has 2 aliphatic heterocycles. The van der Waals surface area contributed by atoms with E-state index in [2.05, 4.69) is 14.5 Å². The Morgan fingerprint density at radius 2 is 2.17 bits per heavy atom. The van der Waals surface area contributed by atoms with Gasteiger partial charge in [-0.1, -0.05) is 0 Å². The van der Waals surface area contributed by atoms with Gasteiger partial charge in [-0.3, -0.25) is 19.0 Å². The SMILES string of the molecule is N=c1c2ncn(C3OC4COP(=O)(O)OC4C3O)c2ncn1O. The van der Waals surface area contributed by atoms with E-state index >= 15 is 0 Å². The quantitative estimate of drug-likeness (QED) is 0.364. The first-order valence-electron chi connectivity index (χ1n) is 6.55. The summed E-state index contributed by atoms with van der Waals surface area (Å²) in [5, 5.41) is 27.5. The molecule has 23 heavy (non-hydrogen) atoms. The summed E-state index contributed by atoms with van der Waals surface area (Å²) in [5.41, 5.74) is 0.0277. The maximum absolute atomic E-state index is 11.5. The van der Waals surface area contributed by atoms with Crippen molar-refractivity contribution < 1.29 is 33.6 Å². The molecule has 12 nitrogen and oxygen atoms in total. The molecule has 0 aromatic carbocycles. The first-order chi connectivity index (χ1) is 10.9. The third kappa shape index (κ3) is 2.19. The number of fused-ring (bicyclic) bond motifs is 2. The van der Waals surface area contributed by atoms with Crippen LogP contribution in [0.5, 0.6) is 0 Å². The van der Waals surface area contributed by atoms with E-state index in [1.165, 1.54) is 10.9 Å². The van der Waals surface area contributed by atoms with Gasteiger partial charge in [0.25, 0.3) is 0 Å². The highest BCUT2D eigenvalue weighted by molar-refractivity contribution is 7.47. The largest absolute Gasteiger partial charge is 0.472 e. The number of nitrogens with one attached hydrogen (secondary N) is 1. The standard InChI is InChI=1S/C10H12N5O7P/c11-8-5-9(13-3-15(8)17)14(2-12-5)10-6(16)7-4(21-10)1-20-23(18,19)22-7/h2-4,6-7,10-11,16-17H,1H2,(H,18,19). The summed E-state index contributed by atoms with van der Waals surface area (Å²) in [7, 11) is -4.21. The summed E-state index contributed by atoms with van der Waals surface area (Å²) in [6.07, 6.45) is -1.72. The van der Waals surface area contributed by atoms with E-state index in [9.17, 15) is 19.8 Å². The van der Waals surface area contributed by atoms with Gasteiger partial charge in [0.15, 0.2) is 22.9 Å². The summed E-state index contributed by atoms with van der Waals surface area (Å²) in [6, 6.07) is 0. The fraction of sp³-hybridized carbons (Fsp3) is 0.500. The van der Waals surface area contributed by atoms with Crippen molar-refractivity contribution in [3.8, 4) is 0 Å². The molecule has 0 radical (unpaired) electrons. The van der Waals surface area contributed by atoms with Gasteiger partial charge in [-0.15, -0.1) is 0 Å². The van der Waals surface area contributed by atoms with Crippen LogP contribution in [0.25, 0.3) is 11.2 Å². The van der Waals surface area contributed by atoms with Crippen molar-refractivity contribution in [1.82, 2.24) is 19.3 Å². The zero-order chi connectivity index (χ0) is 16.4. The molecular formula is C10H12N5O7P. The molecular weight excluding hydrogens is 333 g/mol. The number of aromatic nitrogens is 4. The maximum atomic E-state index is 11.5. The van der Waals surface area contributed by atoms with Gasteiger partial charge < -0.3 is 19.9 Å².